The highest BCUT2D eigenvalue weighted by atomic mass is 32.2. The maximum absolute atomic E-state index is 14.9. The van der Waals surface area contributed by atoms with Gasteiger partial charge in [-0.2, -0.15) is 0 Å². The van der Waals surface area contributed by atoms with E-state index < -0.39 is 26.7 Å². The lowest BCUT2D eigenvalue weighted by Crippen LogP contribution is -2.56. The molecule has 2 aromatic carbocycles. The predicted octanol–water partition coefficient (Wildman–Crippen LogP) is 4.52. The second-order valence-corrected chi connectivity index (χ2v) is 18.4. The number of hydrogen-bond donors (Lipinski definition) is 1. The first-order valence-electron chi connectivity index (χ1n) is 20.2. The molecule has 0 aromatic heterocycles. The average Bonchev–Trinajstić information content (AvgIpc) is 3.61. The second-order valence-electron chi connectivity index (χ2n) is 16.2. The molecule has 310 valence electrons. The largest absolute Gasteiger partial charge is 0.494 e. The number of hydrogen-bond acceptors (Lipinski definition) is 9. The number of sulfone groups is 1. The third-order valence-electron chi connectivity index (χ3n) is 12.6. The van der Waals surface area contributed by atoms with Crippen LogP contribution in [0.3, 0.4) is 0 Å². The van der Waals surface area contributed by atoms with Crippen molar-refractivity contribution in [3.63, 3.8) is 0 Å². The summed E-state index contributed by atoms with van der Waals surface area (Å²) in [5, 5.41) is 2.38. The van der Waals surface area contributed by atoms with E-state index in [2.05, 4.69) is 22.1 Å². The Bertz CT molecular complexity index is 1930. The number of nitrogens with zero attached hydrogens (tertiary/aromatic N) is 3. The van der Waals surface area contributed by atoms with Gasteiger partial charge in [0.2, 0.25) is 5.91 Å². The number of esters is 1. The molecule has 11 nitrogen and oxygen atoms in total. The molecule has 3 aliphatic heterocycles. The van der Waals surface area contributed by atoms with Gasteiger partial charge in [0.05, 0.1) is 18.6 Å². The number of carbonyl (C=O) groups is 3. The summed E-state index contributed by atoms with van der Waals surface area (Å²) < 4.78 is 67.2. The van der Waals surface area contributed by atoms with Crippen LogP contribution in [-0.2, 0) is 40.9 Å². The number of benzene rings is 2. The van der Waals surface area contributed by atoms with E-state index in [4.69, 9.17) is 9.47 Å². The summed E-state index contributed by atoms with van der Waals surface area (Å²) in [5.74, 6) is 4.71. The van der Waals surface area contributed by atoms with E-state index in [-0.39, 0.29) is 79.0 Å². The van der Waals surface area contributed by atoms with Crippen molar-refractivity contribution in [2.45, 2.75) is 87.1 Å². The highest BCUT2D eigenvalue weighted by Gasteiger charge is 2.52. The van der Waals surface area contributed by atoms with Crippen LogP contribution >= 0.6 is 0 Å². The number of halogens is 2. The first-order chi connectivity index (χ1) is 27.3. The maximum atomic E-state index is 14.9. The highest BCUT2D eigenvalue weighted by molar-refractivity contribution is 7.92. The van der Waals surface area contributed by atoms with Crippen LogP contribution < -0.4 is 10.1 Å². The normalized spacial score (nSPS) is 22.1. The Balaban J connectivity index is 1.10. The molecule has 2 amide bonds. The van der Waals surface area contributed by atoms with Gasteiger partial charge in [-0.3, -0.25) is 19.3 Å². The van der Waals surface area contributed by atoms with E-state index in [0.29, 0.717) is 30.9 Å². The van der Waals surface area contributed by atoms with Crippen molar-refractivity contribution in [1.29, 1.82) is 0 Å². The molecule has 57 heavy (non-hydrogen) atoms. The summed E-state index contributed by atoms with van der Waals surface area (Å²) in [5.41, 5.74) is 0.862. The molecule has 3 saturated heterocycles. The maximum Gasteiger partial charge on any atom is 0.305 e. The Morgan fingerprint density at radius 3 is 2.42 bits per heavy atom. The average molecular weight is 811 g/mol. The number of likely N-dealkylation sites (tertiary alicyclic amines) is 3. The third-order valence-corrected chi connectivity index (χ3v) is 14.8. The number of ether oxygens (including phenoxy) is 2. The lowest BCUT2D eigenvalue weighted by atomic mass is 9.57. The summed E-state index contributed by atoms with van der Waals surface area (Å²) in [6.07, 6.45) is 4.49. The van der Waals surface area contributed by atoms with Crippen LogP contribution in [0.2, 0.25) is 0 Å². The van der Waals surface area contributed by atoms with Crippen molar-refractivity contribution in [3.8, 4) is 17.6 Å². The molecular formula is C43H56F2N4O7S. The summed E-state index contributed by atoms with van der Waals surface area (Å²) in [4.78, 5) is 42.9. The monoisotopic (exact) mass is 810 g/mol. The standard InChI is InChI=1S/C43H56F2N4O7S/c1-4-8-41(51)49-27-38(28-49)57(53,54)40-14-13-37(21-32(40)24-48-25-36(45)26-48)56-20-7-17-47-18-15-33(16-19-47)43(29-46-30(2)50,34-10-6-11-35(44)23-34)39-12-5-9-31(39)22-42(52)55-3/h6,10-11,13-14,21,23,31,33,36,38-39H,5,7,9,12,15-20,22,24-29H2,1-3H3,(H,46,50)/t31-,39+,43+/m1/s1. The van der Waals surface area contributed by atoms with Crippen LogP contribution in [0.25, 0.3) is 0 Å². The zero-order valence-corrected chi connectivity index (χ0v) is 34.1. The zero-order valence-electron chi connectivity index (χ0n) is 33.3. The molecule has 1 saturated carbocycles. The lowest BCUT2D eigenvalue weighted by molar-refractivity contribution is -0.142. The molecule has 14 heteroatoms. The molecule has 0 bridgehead atoms. The number of rotatable bonds is 16. The minimum atomic E-state index is -3.76. The van der Waals surface area contributed by atoms with Gasteiger partial charge in [-0.1, -0.05) is 24.5 Å². The number of carbonyl (C=O) groups excluding carboxylic acids is 3. The second kappa shape index (κ2) is 18.7. The number of methoxy groups -OCH3 is 1. The molecule has 2 aromatic rings. The Hall–Kier alpha value is -4.06. The Kier molecular flexibility index (Phi) is 13.9. The van der Waals surface area contributed by atoms with E-state index in [9.17, 15) is 31.6 Å². The Labute approximate surface area is 335 Å². The van der Waals surface area contributed by atoms with E-state index in [1.165, 1.54) is 25.0 Å². The quantitative estimate of drug-likeness (QED) is 0.148. The molecule has 4 aliphatic rings. The van der Waals surface area contributed by atoms with E-state index in [1.54, 1.807) is 37.3 Å². The zero-order chi connectivity index (χ0) is 40.7. The van der Waals surface area contributed by atoms with Crippen LogP contribution in [-0.4, -0.2) is 118 Å². The van der Waals surface area contributed by atoms with Crippen LogP contribution in [0, 0.1) is 35.4 Å². The molecular weight excluding hydrogens is 755 g/mol. The first kappa shape index (κ1) is 42.5. The molecule has 6 rings (SSSR count). The molecule has 1 aliphatic carbocycles. The summed E-state index contributed by atoms with van der Waals surface area (Å²) in [6, 6.07) is 11.7. The minimum absolute atomic E-state index is 0.0611. The summed E-state index contributed by atoms with van der Waals surface area (Å²) in [7, 11) is -2.35. The molecule has 3 heterocycles. The van der Waals surface area contributed by atoms with Crippen molar-refractivity contribution in [3.05, 3.63) is 59.4 Å². The highest BCUT2D eigenvalue weighted by Crippen LogP contribution is 2.53. The molecule has 4 fully saturated rings. The van der Waals surface area contributed by atoms with Gasteiger partial charge >= 0.3 is 5.97 Å². The minimum Gasteiger partial charge on any atom is -0.494 e. The Morgan fingerprint density at radius 1 is 1.00 bits per heavy atom. The lowest BCUT2D eigenvalue weighted by Gasteiger charge is -2.50. The van der Waals surface area contributed by atoms with Crippen molar-refractivity contribution >= 4 is 27.6 Å². The molecule has 3 atom stereocenters. The molecule has 1 N–H and O–H groups in total. The van der Waals surface area contributed by atoms with Crippen LogP contribution in [0.15, 0.2) is 47.4 Å². The topological polar surface area (TPSA) is 126 Å². The van der Waals surface area contributed by atoms with Crippen molar-refractivity contribution in [2.75, 3.05) is 66.1 Å². The fraction of sp³-hybridized carbons (Fsp3) is 0.605. The van der Waals surface area contributed by atoms with Gasteiger partial charge in [0.1, 0.15) is 23.0 Å². The van der Waals surface area contributed by atoms with Gasteiger partial charge in [0.25, 0.3) is 5.91 Å². The Morgan fingerprint density at radius 2 is 1.75 bits per heavy atom. The van der Waals surface area contributed by atoms with Crippen LogP contribution in [0.1, 0.15) is 69.9 Å². The van der Waals surface area contributed by atoms with Gasteiger partial charge in [0.15, 0.2) is 9.84 Å². The van der Waals surface area contributed by atoms with Gasteiger partial charge in [-0.25, -0.2) is 17.2 Å². The number of alkyl halides is 1. The van der Waals surface area contributed by atoms with Gasteiger partial charge in [-0.15, -0.1) is 0 Å². The van der Waals surface area contributed by atoms with E-state index in [0.717, 1.165) is 63.7 Å². The van der Waals surface area contributed by atoms with Gasteiger partial charge < -0.3 is 24.6 Å². The fourth-order valence-electron chi connectivity index (χ4n) is 9.67. The van der Waals surface area contributed by atoms with Crippen molar-refractivity contribution < 1.29 is 41.1 Å². The van der Waals surface area contributed by atoms with Crippen LogP contribution in [0.4, 0.5) is 8.78 Å². The van der Waals surface area contributed by atoms with Gasteiger partial charge in [0, 0.05) is 64.6 Å². The number of amides is 2. The smallest absolute Gasteiger partial charge is 0.305 e. The van der Waals surface area contributed by atoms with Crippen LogP contribution in [0.5, 0.6) is 5.75 Å². The number of piperidine rings is 1. The third kappa shape index (κ3) is 9.81. The van der Waals surface area contributed by atoms with Crippen molar-refractivity contribution in [1.82, 2.24) is 20.0 Å². The van der Waals surface area contributed by atoms with E-state index >= 15 is 0 Å². The summed E-state index contributed by atoms with van der Waals surface area (Å²) >= 11 is 0. The summed E-state index contributed by atoms with van der Waals surface area (Å²) in [6.45, 7) is 7.18. The first-order valence-corrected chi connectivity index (χ1v) is 21.8. The molecule has 0 radical (unpaired) electrons. The predicted molar refractivity (Wildman–Crippen MR) is 211 cm³/mol. The van der Waals surface area contributed by atoms with E-state index in [1.807, 2.05) is 11.0 Å². The number of nitrogens with one attached hydrogen (secondary N) is 1. The van der Waals surface area contributed by atoms with Gasteiger partial charge in [-0.05, 0) is 117 Å². The fourth-order valence-corrected chi connectivity index (χ4v) is 11.5. The van der Waals surface area contributed by atoms with Crippen molar-refractivity contribution in [2.24, 2.45) is 17.8 Å². The SMILES string of the molecule is CC#CC(=O)N1CC(S(=O)(=O)c2ccc(OCCCN3CCC([C@@](CNC(C)=O)(c4cccc(F)c4)[C@H]4CCC[C@@H]4CC(=O)OC)CC3)cc2CN2CC(F)C2)C1. The molecule has 0 unspecified atom stereocenters. The molecule has 0 spiro atoms.